The number of benzene rings is 1. The number of hydrogen-bond donors (Lipinski definition) is 0. The van der Waals surface area contributed by atoms with Crippen molar-refractivity contribution in [2.75, 3.05) is 5.75 Å². The minimum absolute atomic E-state index is 0.406. The summed E-state index contributed by atoms with van der Waals surface area (Å²) >= 11 is 3.39. The highest BCUT2D eigenvalue weighted by Crippen LogP contribution is 2.37. The topological polar surface area (TPSA) is 69.6 Å². The highest BCUT2D eigenvalue weighted by Gasteiger charge is 2.28. The lowest BCUT2D eigenvalue weighted by molar-refractivity contribution is 0.466. The van der Waals surface area contributed by atoms with Crippen LogP contribution in [0.2, 0.25) is 0 Å². The number of hydrogen-bond acceptors (Lipinski definition) is 7. The molecule has 0 fully saturated rings. The fraction of sp³-hybridized carbons (Fsp3) is 0.158. The number of oxazole rings is 1. The molecule has 8 heteroatoms. The molecule has 3 aromatic heterocycles. The molecule has 1 aromatic carbocycles. The van der Waals surface area contributed by atoms with Crippen molar-refractivity contribution in [1.82, 2.24) is 24.7 Å². The fourth-order valence-electron chi connectivity index (χ4n) is 2.95. The molecule has 0 spiro atoms. The molecule has 0 N–H and O–H groups in total. The van der Waals surface area contributed by atoms with E-state index in [0.29, 0.717) is 10.5 Å². The van der Waals surface area contributed by atoms with Crippen molar-refractivity contribution in [3.05, 3.63) is 61.1 Å². The second-order valence-corrected chi connectivity index (χ2v) is 8.30. The lowest BCUT2D eigenvalue weighted by Crippen LogP contribution is -2.09. The van der Waals surface area contributed by atoms with Gasteiger partial charge in [-0.1, -0.05) is 53.9 Å². The first-order valence-corrected chi connectivity index (χ1v) is 10.4. The van der Waals surface area contributed by atoms with E-state index in [1.54, 1.807) is 35.9 Å². The molecule has 0 unspecified atom stereocenters. The number of nitrogens with zero attached hydrogens (tertiary/aromatic N) is 5. The van der Waals surface area contributed by atoms with Crippen LogP contribution >= 0.6 is 23.5 Å². The van der Waals surface area contributed by atoms with Gasteiger partial charge in [-0.05, 0) is 12.1 Å². The number of thioether (sulfide) groups is 2. The Kier molecular flexibility index (Phi) is 4.43. The summed E-state index contributed by atoms with van der Waals surface area (Å²) in [4.78, 5) is 8.58. The van der Waals surface area contributed by atoms with Gasteiger partial charge in [0.2, 0.25) is 0 Å². The summed E-state index contributed by atoms with van der Waals surface area (Å²) in [7, 11) is 0. The Morgan fingerprint density at radius 1 is 1.07 bits per heavy atom. The molecule has 0 saturated heterocycles. The molecule has 1 atom stereocenters. The Bertz CT molecular complexity index is 1050. The van der Waals surface area contributed by atoms with Gasteiger partial charge in [-0.2, -0.15) is 0 Å². The standard InChI is InChI=1S/C19H15N5OS2/c1-2-5-13(6-3-1)16-10-21-19(25-16)26-12-15-11-24-17(22-23-18(24)27-15)14-7-4-8-20-9-14/h1-10,15H,11-12H2/t15-/m1/s1. The maximum Gasteiger partial charge on any atom is 0.256 e. The Morgan fingerprint density at radius 2 is 1.96 bits per heavy atom. The van der Waals surface area contributed by atoms with Crippen LogP contribution in [-0.2, 0) is 6.54 Å². The highest BCUT2D eigenvalue weighted by molar-refractivity contribution is 8.03. The van der Waals surface area contributed by atoms with Gasteiger partial charge in [0.1, 0.15) is 0 Å². The predicted octanol–water partition coefficient (Wildman–Crippen LogP) is 4.26. The summed E-state index contributed by atoms with van der Waals surface area (Å²) in [6.45, 7) is 0.872. The summed E-state index contributed by atoms with van der Waals surface area (Å²) in [6.07, 6.45) is 5.37. The Labute approximate surface area is 164 Å². The molecule has 4 aromatic rings. The van der Waals surface area contributed by atoms with Crippen molar-refractivity contribution in [2.24, 2.45) is 0 Å². The van der Waals surface area contributed by atoms with E-state index in [0.717, 1.165) is 40.2 Å². The Morgan fingerprint density at radius 3 is 2.81 bits per heavy atom. The maximum absolute atomic E-state index is 5.88. The van der Waals surface area contributed by atoms with Crippen LogP contribution in [0.25, 0.3) is 22.7 Å². The third-order valence-electron chi connectivity index (χ3n) is 4.23. The van der Waals surface area contributed by atoms with Gasteiger partial charge >= 0.3 is 0 Å². The van der Waals surface area contributed by atoms with Crippen molar-refractivity contribution in [3.8, 4) is 22.7 Å². The zero-order valence-corrected chi connectivity index (χ0v) is 15.9. The average Bonchev–Trinajstić information content (AvgIpc) is 3.43. The molecule has 1 aliphatic heterocycles. The molecule has 6 nitrogen and oxygen atoms in total. The number of rotatable bonds is 5. The van der Waals surface area contributed by atoms with Crippen LogP contribution < -0.4 is 0 Å². The van der Waals surface area contributed by atoms with Gasteiger partial charge in [0.05, 0.1) is 6.20 Å². The van der Waals surface area contributed by atoms with Crippen LogP contribution in [0, 0.1) is 0 Å². The van der Waals surface area contributed by atoms with E-state index in [4.69, 9.17) is 4.42 Å². The average molecular weight is 393 g/mol. The summed E-state index contributed by atoms with van der Waals surface area (Å²) in [6, 6.07) is 13.9. The molecule has 5 rings (SSSR count). The molecule has 1 aliphatic rings. The summed E-state index contributed by atoms with van der Waals surface area (Å²) in [5.41, 5.74) is 2.03. The third kappa shape index (κ3) is 3.38. The van der Waals surface area contributed by atoms with Gasteiger partial charge < -0.3 is 8.98 Å². The SMILES string of the molecule is c1ccc(-c2cnc(SC[C@H]3Cn4c(nnc4-c4cccnc4)S3)o2)cc1. The lowest BCUT2D eigenvalue weighted by Gasteiger charge is -2.07. The van der Waals surface area contributed by atoms with Gasteiger partial charge in [-0.15, -0.1) is 10.2 Å². The van der Waals surface area contributed by atoms with Crippen molar-refractivity contribution in [3.63, 3.8) is 0 Å². The van der Waals surface area contributed by atoms with Crippen LogP contribution in [0.5, 0.6) is 0 Å². The van der Waals surface area contributed by atoms with Crippen LogP contribution in [0.3, 0.4) is 0 Å². The van der Waals surface area contributed by atoms with E-state index in [9.17, 15) is 0 Å². The lowest BCUT2D eigenvalue weighted by atomic mass is 10.2. The van der Waals surface area contributed by atoms with E-state index in [1.807, 2.05) is 48.7 Å². The first-order chi connectivity index (χ1) is 13.4. The van der Waals surface area contributed by atoms with E-state index >= 15 is 0 Å². The van der Waals surface area contributed by atoms with E-state index in [1.165, 1.54) is 0 Å². The van der Waals surface area contributed by atoms with Crippen molar-refractivity contribution < 1.29 is 4.42 Å². The van der Waals surface area contributed by atoms with Gasteiger partial charge in [0, 0.05) is 41.1 Å². The molecule has 0 aliphatic carbocycles. The number of pyridine rings is 1. The molecule has 0 saturated carbocycles. The largest absolute Gasteiger partial charge is 0.431 e. The van der Waals surface area contributed by atoms with Crippen molar-refractivity contribution in [1.29, 1.82) is 0 Å². The number of fused-ring (bicyclic) bond motifs is 1. The second-order valence-electron chi connectivity index (χ2n) is 6.07. The molecule has 0 amide bonds. The Balaban J connectivity index is 1.24. The minimum Gasteiger partial charge on any atom is -0.431 e. The van der Waals surface area contributed by atoms with Crippen molar-refractivity contribution >= 4 is 23.5 Å². The monoisotopic (exact) mass is 393 g/mol. The minimum atomic E-state index is 0.406. The number of aromatic nitrogens is 5. The summed E-state index contributed by atoms with van der Waals surface area (Å²) in [5, 5.41) is 10.7. The smallest absolute Gasteiger partial charge is 0.256 e. The van der Waals surface area contributed by atoms with Crippen LogP contribution in [0.15, 0.2) is 75.9 Å². The van der Waals surface area contributed by atoms with Gasteiger partial charge in [0.15, 0.2) is 16.7 Å². The van der Waals surface area contributed by atoms with E-state index in [2.05, 4.69) is 24.7 Å². The molecule has 0 radical (unpaired) electrons. The quantitative estimate of drug-likeness (QED) is 0.469. The summed E-state index contributed by atoms with van der Waals surface area (Å²) < 4.78 is 8.05. The molecular formula is C19H15N5OS2. The summed E-state index contributed by atoms with van der Waals surface area (Å²) in [5.74, 6) is 2.57. The Hall–Kier alpha value is -2.58. The van der Waals surface area contributed by atoms with Gasteiger partial charge in [-0.25, -0.2) is 4.98 Å². The molecule has 0 bridgehead atoms. The molecule has 134 valence electrons. The third-order valence-corrected chi connectivity index (χ3v) is 6.61. The molecule has 27 heavy (non-hydrogen) atoms. The van der Waals surface area contributed by atoms with Crippen molar-refractivity contribution in [2.45, 2.75) is 22.2 Å². The predicted molar refractivity (Wildman–Crippen MR) is 106 cm³/mol. The van der Waals surface area contributed by atoms with E-state index < -0.39 is 0 Å². The van der Waals surface area contributed by atoms with Gasteiger partial charge in [0.25, 0.3) is 5.22 Å². The van der Waals surface area contributed by atoms with Gasteiger partial charge in [-0.3, -0.25) is 4.98 Å². The maximum atomic E-state index is 5.88. The highest BCUT2D eigenvalue weighted by atomic mass is 32.2. The first-order valence-electron chi connectivity index (χ1n) is 8.51. The van der Waals surface area contributed by atoms with Crippen LogP contribution in [0.4, 0.5) is 0 Å². The zero-order valence-electron chi connectivity index (χ0n) is 14.2. The normalized spacial score (nSPS) is 15.8. The van der Waals surface area contributed by atoms with Crippen LogP contribution in [-0.4, -0.2) is 35.7 Å². The van der Waals surface area contributed by atoms with E-state index in [-0.39, 0.29) is 0 Å². The first kappa shape index (κ1) is 16.6. The molecular weight excluding hydrogens is 378 g/mol. The molecule has 4 heterocycles. The zero-order chi connectivity index (χ0) is 18.1. The fourth-order valence-corrected chi connectivity index (χ4v) is 5.03. The second kappa shape index (κ2) is 7.21. The van der Waals surface area contributed by atoms with Crippen LogP contribution in [0.1, 0.15) is 0 Å².